The lowest BCUT2D eigenvalue weighted by Gasteiger charge is -2.31. The van der Waals surface area contributed by atoms with E-state index in [4.69, 9.17) is 0 Å². The van der Waals surface area contributed by atoms with Crippen molar-refractivity contribution < 1.29 is 4.79 Å². The molecule has 1 aliphatic heterocycles. The van der Waals surface area contributed by atoms with Crippen molar-refractivity contribution in [2.45, 2.75) is 70.5 Å². The first-order chi connectivity index (χ1) is 10.8. The Hall–Kier alpha value is -1.49. The molecule has 0 aromatic carbocycles. The standard InChI is InChI=1S/C17H26N4O/c1-2-16-19-10-13(11-20-16)9-18-14-8-17(22)21(12-14)15-6-4-3-5-7-15/h10-11,14-15,18H,2-9,12H2,1H3. The summed E-state index contributed by atoms with van der Waals surface area (Å²) in [5.74, 6) is 1.20. The van der Waals surface area contributed by atoms with Gasteiger partial charge in [-0.15, -0.1) is 0 Å². The van der Waals surface area contributed by atoms with Crippen LogP contribution in [0.4, 0.5) is 0 Å². The molecule has 22 heavy (non-hydrogen) atoms. The van der Waals surface area contributed by atoms with Crippen molar-refractivity contribution in [3.8, 4) is 0 Å². The van der Waals surface area contributed by atoms with Gasteiger partial charge >= 0.3 is 0 Å². The van der Waals surface area contributed by atoms with Crippen LogP contribution in [-0.2, 0) is 17.8 Å². The fraction of sp³-hybridized carbons (Fsp3) is 0.706. The van der Waals surface area contributed by atoms with E-state index in [1.165, 1.54) is 32.1 Å². The Labute approximate surface area is 132 Å². The first-order valence-electron chi connectivity index (χ1n) is 8.59. The van der Waals surface area contributed by atoms with Gasteiger partial charge in [0.15, 0.2) is 0 Å². The summed E-state index contributed by atoms with van der Waals surface area (Å²) < 4.78 is 0. The molecular weight excluding hydrogens is 276 g/mol. The van der Waals surface area contributed by atoms with Crippen molar-refractivity contribution in [3.05, 3.63) is 23.8 Å². The van der Waals surface area contributed by atoms with Crippen LogP contribution in [0.25, 0.3) is 0 Å². The van der Waals surface area contributed by atoms with E-state index in [2.05, 4.69) is 27.1 Å². The molecule has 2 fully saturated rings. The molecular formula is C17H26N4O. The molecule has 1 aromatic rings. The number of aryl methyl sites for hydroxylation is 1. The number of hydrogen-bond donors (Lipinski definition) is 1. The smallest absolute Gasteiger partial charge is 0.224 e. The van der Waals surface area contributed by atoms with Gasteiger partial charge in [-0.05, 0) is 12.8 Å². The minimum atomic E-state index is 0.264. The molecule has 1 saturated carbocycles. The number of nitrogens with zero attached hydrogens (tertiary/aromatic N) is 3. The van der Waals surface area contributed by atoms with Crippen LogP contribution in [0.3, 0.4) is 0 Å². The van der Waals surface area contributed by atoms with Crippen molar-refractivity contribution in [2.24, 2.45) is 0 Å². The zero-order valence-electron chi connectivity index (χ0n) is 13.4. The molecule has 2 aliphatic rings. The fourth-order valence-electron chi connectivity index (χ4n) is 3.53. The predicted octanol–water partition coefficient (Wildman–Crippen LogP) is 2.06. The summed E-state index contributed by atoms with van der Waals surface area (Å²) >= 11 is 0. The molecule has 0 radical (unpaired) electrons. The van der Waals surface area contributed by atoms with E-state index in [1.54, 1.807) is 0 Å². The predicted molar refractivity (Wildman–Crippen MR) is 85.2 cm³/mol. The van der Waals surface area contributed by atoms with Crippen LogP contribution < -0.4 is 5.32 Å². The Bertz CT molecular complexity index is 496. The Morgan fingerprint density at radius 3 is 2.64 bits per heavy atom. The summed E-state index contributed by atoms with van der Waals surface area (Å²) in [6.45, 7) is 3.65. The number of aromatic nitrogens is 2. The molecule has 2 heterocycles. The Balaban J connectivity index is 1.50. The number of nitrogens with one attached hydrogen (secondary N) is 1. The lowest BCUT2D eigenvalue weighted by atomic mass is 9.94. The van der Waals surface area contributed by atoms with E-state index in [0.29, 0.717) is 18.4 Å². The number of rotatable bonds is 5. The van der Waals surface area contributed by atoms with E-state index in [9.17, 15) is 4.79 Å². The molecule has 1 unspecified atom stereocenters. The Morgan fingerprint density at radius 1 is 1.23 bits per heavy atom. The normalized spacial score (nSPS) is 23.2. The molecule has 1 aromatic heterocycles. The third-order valence-corrected chi connectivity index (χ3v) is 4.84. The SMILES string of the molecule is CCc1ncc(CNC2CC(=O)N(C3CCCCC3)C2)cn1. The third kappa shape index (κ3) is 3.64. The van der Waals surface area contributed by atoms with Gasteiger partial charge in [-0.25, -0.2) is 9.97 Å². The van der Waals surface area contributed by atoms with Crippen LogP contribution in [0.1, 0.15) is 56.8 Å². The van der Waals surface area contributed by atoms with Gasteiger partial charge in [0.2, 0.25) is 5.91 Å². The Kier molecular flexibility index (Phi) is 5.03. The third-order valence-electron chi connectivity index (χ3n) is 4.84. The number of amides is 1. The highest BCUT2D eigenvalue weighted by molar-refractivity contribution is 5.79. The topological polar surface area (TPSA) is 58.1 Å². The average molecular weight is 302 g/mol. The van der Waals surface area contributed by atoms with Gasteiger partial charge in [-0.2, -0.15) is 0 Å². The molecule has 5 heteroatoms. The lowest BCUT2D eigenvalue weighted by Crippen LogP contribution is -2.40. The molecule has 120 valence electrons. The molecule has 0 spiro atoms. The number of hydrogen-bond acceptors (Lipinski definition) is 4. The zero-order valence-corrected chi connectivity index (χ0v) is 13.4. The maximum absolute atomic E-state index is 12.2. The average Bonchev–Trinajstić information content (AvgIpc) is 2.95. The maximum atomic E-state index is 12.2. The van der Waals surface area contributed by atoms with E-state index in [-0.39, 0.29) is 6.04 Å². The maximum Gasteiger partial charge on any atom is 0.224 e. The number of likely N-dealkylation sites (tertiary alicyclic amines) is 1. The van der Waals surface area contributed by atoms with Crippen molar-refractivity contribution in [1.29, 1.82) is 0 Å². The first-order valence-corrected chi connectivity index (χ1v) is 8.59. The molecule has 1 atom stereocenters. The minimum Gasteiger partial charge on any atom is -0.338 e. The van der Waals surface area contributed by atoms with Gasteiger partial charge in [0, 0.05) is 56.0 Å². The van der Waals surface area contributed by atoms with Crippen molar-refractivity contribution in [1.82, 2.24) is 20.2 Å². The molecule has 1 saturated heterocycles. The summed E-state index contributed by atoms with van der Waals surface area (Å²) in [5, 5.41) is 3.49. The summed E-state index contributed by atoms with van der Waals surface area (Å²) in [4.78, 5) is 23.0. The van der Waals surface area contributed by atoms with Crippen LogP contribution in [0.5, 0.6) is 0 Å². The van der Waals surface area contributed by atoms with Gasteiger partial charge in [0.1, 0.15) is 5.82 Å². The highest BCUT2D eigenvalue weighted by atomic mass is 16.2. The summed E-state index contributed by atoms with van der Waals surface area (Å²) in [6, 6.07) is 0.750. The van der Waals surface area contributed by atoms with Gasteiger partial charge in [-0.1, -0.05) is 26.2 Å². The summed E-state index contributed by atoms with van der Waals surface area (Å²) in [6.07, 6.45) is 11.5. The molecule has 1 aliphatic carbocycles. The van der Waals surface area contributed by atoms with Crippen molar-refractivity contribution >= 4 is 5.91 Å². The van der Waals surface area contributed by atoms with Crippen LogP contribution in [-0.4, -0.2) is 39.4 Å². The number of carbonyl (C=O) groups excluding carboxylic acids is 1. The zero-order chi connectivity index (χ0) is 15.4. The second-order valence-electron chi connectivity index (χ2n) is 6.48. The van der Waals surface area contributed by atoms with Gasteiger partial charge in [-0.3, -0.25) is 4.79 Å². The lowest BCUT2D eigenvalue weighted by molar-refractivity contribution is -0.130. The summed E-state index contributed by atoms with van der Waals surface area (Å²) in [5.41, 5.74) is 1.08. The van der Waals surface area contributed by atoms with Gasteiger partial charge < -0.3 is 10.2 Å². The first kappa shape index (κ1) is 15.4. The van der Waals surface area contributed by atoms with Crippen molar-refractivity contribution in [3.63, 3.8) is 0 Å². The molecule has 1 amide bonds. The van der Waals surface area contributed by atoms with Gasteiger partial charge in [0.25, 0.3) is 0 Å². The molecule has 1 N–H and O–H groups in total. The van der Waals surface area contributed by atoms with Crippen LogP contribution in [0.2, 0.25) is 0 Å². The van der Waals surface area contributed by atoms with Crippen LogP contribution in [0, 0.1) is 0 Å². The molecule has 5 nitrogen and oxygen atoms in total. The second-order valence-corrected chi connectivity index (χ2v) is 6.48. The largest absolute Gasteiger partial charge is 0.338 e. The number of carbonyl (C=O) groups is 1. The quantitative estimate of drug-likeness (QED) is 0.904. The monoisotopic (exact) mass is 302 g/mol. The van der Waals surface area contributed by atoms with Crippen LogP contribution in [0.15, 0.2) is 12.4 Å². The highest BCUT2D eigenvalue weighted by Crippen LogP contribution is 2.26. The summed E-state index contributed by atoms with van der Waals surface area (Å²) in [7, 11) is 0. The van der Waals surface area contributed by atoms with Crippen molar-refractivity contribution in [2.75, 3.05) is 6.54 Å². The van der Waals surface area contributed by atoms with E-state index < -0.39 is 0 Å². The minimum absolute atomic E-state index is 0.264. The second kappa shape index (κ2) is 7.18. The molecule has 3 rings (SSSR count). The Morgan fingerprint density at radius 2 is 1.95 bits per heavy atom. The fourth-order valence-corrected chi connectivity index (χ4v) is 3.53. The van der Waals surface area contributed by atoms with Gasteiger partial charge in [0.05, 0.1) is 0 Å². The van der Waals surface area contributed by atoms with E-state index >= 15 is 0 Å². The molecule has 0 bridgehead atoms. The van der Waals surface area contributed by atoms with E-state index in [1.807, 2.05) is 12.4 Å². The van der Waals surface area contributed by atoms with Crippen LogP contribution >= 0.6 is 0 Å². The highest BCUT2D eigenvalue weighted by Gasteiger charge is 2.34. The van der Waals surface area contributed by atoms with E-state index in [0.717, 1.165) is 30.9 Å².